The van der Waals surface area contributed by atoms with Crippen molar-refractivity contribution in [1.29, 1.82) is 0 Å². The molecule has 0 aliphatic rings. The maximum Gasteiger partial charge on any atom is 0.159 e. The molecule has 0 atom stereocenters. The lowest BCUT2D eigenvalue weighted by Gasteiger charge is -2.10. The first-order valence-electron chi connectivity index (χ1n) is 6.13. The van der Waals surface area contributed by atoms with E-state index in [4.69, 9.17) is 4.74 Å². The van der Waals surface area contributed by atoms with E-state index in [1.807, 2.05) is 36.4 Å². The molecule has 0 aliphatic carbocycles. The quantitative estimate of drug-likeness (QED) is 0.824. The summed E-state index contributed by atoms with van der Waals surface area (Å²) in [5, 5.41) is 0. The van der Waals surface area contributed by atoms with E-state index in [1.165, 1.54) is 0 Å². The summed E-state index contributed by atoms with van der Waals surface area (Å²) in [6.45, 7) is 4.78. The van der Waals surface area contributed by atoms with Gasteiger partial charge >= 0.3 is 0 Å². The van der Waals surface area contributed by atoms with Gasteiger partial charge in [-0.2, -0.15) is 0 Å². The van der Waals surface area contributed by atoms with Gasteiger partial charge in [0.25, 0.3) is 0 Å². The Labute approximate surface area is 108 Å². The fourth-order valence-corrected chi connectivity index (χ4v) is 1.75. The fourth-order valence-electron chi connectivity index (χ4n) is 1.75. The summed E-state index contributed by atoms with van der Waals surface area (Å²) in [7, 11) is 1.68. The molecule has 3 nitrogen and oxygen atoms in total. The molecule has 0 bridgehead atoms. The molecule has 0 saturated heterocycles. The maximum atomic E-state index is 5.16. The summed E-state index contributed by atoms with van der Waals surface area (Å²) in [5.74, 6) is 1.15. The average Bonchev–Trinajstić information content (AvgIpc) is 2.40. The summed E-state index contributed by atoms with van der Waals surface area (Å²) in [4.78, 5) is 9.16. The van der Waals surface area contributed by atoms with E-state index < -0.39 is 0 Å². The first-order chi connectivity index (χ1) is 8.70. The third-order valence-electron chi connectivity index (χ3n) is 2.71. The molecule has 0 fully saturated rings. The predicted octanol–water partition coefficient (Wildman–Crippen LogP) is 3.41. The molecule has 2 rings (SSSR count). The zero-order valence-corrected chi connectivity index (χ0v) is 11.1. The zero-order valence-electron chi connectivity index (χ0n) is 11.1. The molecule has 1 heterocycles. The van der Waals surface area contributed by atoms with Crippen molar-refractivity contribution in [2.24, 2.45) is 0 Å². The van der Waals surface area contributed by atoms with E-state index >= 15 is 0 Å². The third-order valence-corrected chi connectivity index (χ3v) is 2.71. The van der Waals surface area contributed by atoms with Crippen LogP contribution in [-0.4, -0.2) is 17.1 Å². The number of hydrogen-bond donors (Lipinski definition) is 0. The van der Waals surface area contributed by atoms with Crippen LogP contribution in [0.2, 0.25) is 0 Å². The van der Waals surface area contributed by atoms with Crippen molar-refractivity contribution in [3.05, 3.63) is 47.8 Å². The van der Waals surface area contributed by atoms with Gasteiger partial charge in [0, 0.05) is 18.4 Å². The van der Waals surface area contributed by atoms with Gasteiger partial charge in [-0.3, -0.25) is 0 Å². The molecule has 0 amide bonds. The van der Waals surface area contributed by atoms with Gasteiger partial charge < -0.3 is 4.74 Å². The highest BCUT2D eigenvalue weighted by molar-refractivity contribution is 5.54. The van der Waals surface area contributed by atoms with Crippen molar-refractivity contribution in [3.63, 3.8) is 0 Å². The first-order valence-corrected chi connectivity index (χ1v) is 6.13. The highest BCUT2D eigenvalue weighted by Crippen LogP contribution is 2.19. The molecule has 1 aromatic carbocycles. The molecule has 0 spiro atoms. The van der Waals surface area contributed by atoms with Gasteiger partial charge in [0.05, 0.1) is 12.3 Å². The molecule has 94 valence electrons. The van der Waals surface area contributed by atoms with Gasteiger partial charge in [0.15, 0.2) is 5.82 Å². The predicted molar refractivity (Wildman–Crippen MR) is 72.3 cm³/mol. The van der Waals surface area contributed by atoms with Gasteiger partial charge in [-0.1, -0.05) is 44.2 Å². The molecule has 18 heavy (non-hydrogen) atoms. The summed E-state index contributed by atoms with van der Waals surface area (Å²) in [6.07, 6.45) is 0. The van der Waals surface area contributed by atoms with Crippen LogP contribution >= 0.6 is 0 Å². The average molecular weight is 242 g/mol. The second-order valence-corrected chi connectivity index (χ2v) is 4.56. The highest BCUT2D eigenvalue weighted by atomic mass is 16.5. The zero-order chi connectivity index (χ0) is 13.0. The van der Waals surface area contributed by atoms with Gasteiger partial charge in [-0.25, -0.2) is 9.97 Å². The summed E-state index contributed by atoms with van der Waals surface area (Å²) in [6, 6.07) is 12.0. The second kappa shape index (κ2) is 5.74. The van der Waals surface area contributed by atoms with Crippen molar-refractivity contribution in [1.82, 2.24) is 9.97 Å². The summed E-state index contributed by atoms with van der Waals surface area (Å²) < 4.78 is 5.16. The van der Waals surface area contributed by atoms with Crippen molar-refractivity contribution >= 4 is 0 Å². The van der Waals surface area contributed by atoms with Crippen LogP contribution in [-0.2, 0) is 11.3 Å². The monoisotopic (exact) mass is 242 g/mol. The molecular formula is C15H18N2O. The fraction of sp³-hybridized carbons (Fsp3) is 0.333. The molecule has 0 N–H and O–H groups in total. The Kier molecular flexibility index (Phi) is 4.05. The third kappa shape index (κ3) is 2.93. The molecule has 2 aromatic rings. The number of benzene rings is 1. The maximum absolute atomic E-state index is 5.16. The molecular weight excluding hydrogens is 224 g/mol. The minimum atomic E-state index is 0.381. The van der Waals surface area contributed by atoms with Crippen LogP contribution in [0.1, 0.15) is 31.2 Å². The van der Waals surface area contributed by atoms with E-state index in [0.717, 1.165) is 22.8 Å². The van der Waals surface area contributed by atoms with Crippen LogP contribution in [0.5, 0.6) is 0 Å². The van der Waals surface area contributed by atoms with Crippen LogP contribution < -0.4 is 0 Å². The van der Waals surface area contributed by atoms with Crippen LogP contribution in [0.15, 0.2) is 36.4 Å². The molecule has 3 heteroatoms. The van der Waals surface area contributed by atoms with Crippen LogP contribution in [0.25, 0.3) is 11.4 Å². The lowest BCUT2D eigenvalue weighted by Crippen LogP contribution is -2.02. The van der Waals surface area contributed by atoms with Crippen molar-refractivity contribution in [2.75, 3.05) is 7.11 Å². The Morgan fingerprint density at radius 2 is 1.83 bits per heavy atom. The van der Waals surface area contributed by atoms with E-state index in [-0.39, 0.29) is 0 Å². The van der Waals surface area contributed by atoms with Crippen molar-refractivity contribution in [3.8, 4) is 11.4 Å². The second-order valence-electron chi connectivity index (χ2n) is 4.56. The largest absolute Gasteiger partial charge is 0.378 e. The number of rotatable bonds is 4. The van der Waals surface area contributed by atoms with Crippen molar-refractivity contribution < 1.29 is 4.74 Å². The minimum absolute atomic E-state index is 0.381. The van der Waals surface area contributed by atoms with E-state index in [9.17, 15) is 0 Å². The van der Waals surface area contributed by atoms with Gasteiger partial charge in [-0.15, -0.1) is 0 Å². The SMILES string of the molecule is COCc1cc(C(C)C)nc(-c2ccccc2)n1. The molecule has 0 radical (unpaired) electrons. The number of methoxy groups -OCH3 is 1. The van der Waals surface area contributed by atoms with Gasteiger partial charge in [-0.05, 0) is 12.0 Å². The number of nitrogens with zero attached hydrogens (tertiary/aromatic N) is 2. The molecule has 1 aromatic heterocycles. The lowest BCUT2D eigenvalue weighted by atomic mass is 10.1. The van der Waals surface area contributed by atoms with Crippen LogP contribution in [0.3, 0.4) is 0 Å². The summed E-state index contributed by atoms with van der Waals surface area (Å²) >= 11 is 0. The van der Waals surface area contributed by atoms with Gasteiger partial charge in [0.1, 0.15) is 0 Å². The molecule has 0 saturated carbocycles. The Balaban J connectivity index is 2.46. The normalized spacial score (nSPS) is 10.9. The number of hydrogen-bond acceptors (Lipinski definition) is 3. The Bertz CT molecular complexity index is 509. The number of aromatic nitrogens is 2. The van der Waals surface area contributed by atoms with E-state index in [0.29, 0.717) is 12.5 Å². The molecule has 0 unspecified atom stereocenters. The van der Waals surface area contributed by atoms with Crippen LogP contribution in [0.4, 0.5) is 0 Å². The van der Waals surface area contributed by atoms with Gasteiger partial charge in [0.2, 0.25) is 0 Å². The topological polar surface area (TPSA) is 35.0 Å². The smallest absolute Gasteiger partial charge is 0.159 e. The molecule has 0 aliphatic heterocycles. The van der Waals surface area contributed by atoms with E-state index in [2.05, 4.69) is 23.8 Å². The standard InChI is InChI=1S/C15H18N2O/c1-11(2)14-9-13(10-18-3)16-15(17-14)12-7-5-4-6-8-12/h4-9,11H,10H2,1-3H3. The van der Waals surface area contributed by atoms with E-state index in [1.54, 1.807) is 7.11 Å². The Morgan fingerprint density at radius 3 is 2.44 bits per heavy atom. The highest BCUT2D eigenvalue weighted by Gasteiger charge is 2.09. The summed E-state index contributed by atoms with van der Waals surface area (Å²) in [5.41, 5.74) is 3.02. The lowest BCUT2D eigenvalue weighted by molar-refractivity contribution is 0.181. The number of ether oxygens (including phenoxy) is 1. The van der Waals surface area contributed by atoms with Crippen molar-refractivity contribution in [2.45, 2.75) is 26.4 Å². The Morgan fingerprint density at radius 1 is 1.11 bits per heavy atom. The minimum Gasteiger partial charge on any atom is -0.378 e. The Hall–Kier alpha value is -1.74. The first kappa shape index (κ1) is 12.7. The van der Waals surface area contributed by atoms with Crippen LogP contribution in [0, 0.1) is 0 Å².